The van der Waals surface area contributed by atoms with Crippen molar-refractivity contribution in [3.8, 4) is 0 Å². The SMILES string of the molecule is Cn1ccnc1CNC(=O)Cc1ccc(NC(=O)C2CC2)cc1. The second kappa shape index (κ2) is 6.64. The number of benzene rings is 1. The van der Waals surface area contributed by atoms with Crippen molar-refractivity contribution in [3.63, 3.8) is 0 Å². The van der Waals surface area contributed by atoms with E-state index < -0.39 is 0 Å². The van der Waals surface area contributed by atoms with Crippen molar-refractivity contribution in [1.82, 2.24) is 14.9 Å². The van der Waals surface area contributed by atoms with E-state index in [0.29, 0.717) is 13.0 Å². The first-order chi connectivity index (χ1) is 11.1. The van der Waals surface area contributed by atoms with Gasteiger partial charge in [0.15, 0.2) is 0 Å². The van der Waals surface area contributed by atoms with Gasteiger partial charge in [0.25, 0.3) is 0 Å². The van der Waals surface area contributed by atoms with E-state index >= 15 is 0 Å². The Morgan fingerprint density at radius 2 is 2.00 bits per heavy atom. The van der Waals surface area contributed by atoms with Crippen molar-refractivity contribution < 1.29 is 9.59 Å². The number of carbonyl (C=O) groups excluding carboxylic acids is 2. The minimum absolute atomic E-state index is 0.0530. The predicted molar refractivity (Wildman–Crippen MR) is 86.6 cm³/mol. The van der Waals surface area contributed by atoms with Crippen LogP contribution in [0.15, 0.2) is 36.7 Å². The normalized spacial score (nSPS) is 13.6. The van der Waals surface area contributed by atoms with Crippen LogP contribution < -0.4 is 10.6 Å². The highest BCUT2D eigenvalue weighted by Gasteiger charge is 2.29. The van der Waals surface area contributed by atoms with Crippen LogP contribution in [0.3, 0.4) is 0 Å². The van der Waals surface area contributed by atoms with Crippen LogP contribution in [0.4, 0.5) is 5.69 Å². The molecule has 1 fully saturated rings. The average Bonchev–Trinajstić information content (AvgIpc) is 3.31. The molecule has 0 bridgehead atoms. The molecule has 0 radical (unpaired) electrons. The molecule has 1 aromatic carbocycles. The molecule has 120 valence electrons. The van der Waals surface area contributed by atoms with Crippen molar-refractivity contribution >= 4 is 17.5 Å². The Morgan fingerprint density at radius 1 is 1.26 bits per heavy atom. The van der Waals surface area contributed by atoms with Crippen molar-refractivity contribution in [2.24, 2.45) is 13.0 Å². The molecule has 1 aliphatic carbocycles. The number of carbonyl (C=O) groups is 2. The third-order valence-electron chi connectivity index (χ3n) is 3.90. The van der Waals surface area contributed by atoms with E-state index in [-0.39, 0.29) is 17.7 Å². The molecule has 2 aromatic rings. The average molecular weight is 312 g/mol. The molecule has 1 heterocycles. The number of rotatable bonds is 6. The van der Waals surface area contributed by atoms with Gasteiger partial charge in [-0.15, -0.1) is 0 Å². The topological polar surface area (TPSA) is 76.0 Å². The van der Waals surface area contributed by atoms with Gasteiger partial charge in [0.1, 0.15) is 5.82 Å². The smallest absolute Gasteiger partial charge is 0.227 e. The van der Waals surface area contributed by atoms with Gasteiger partial charge in [0.05, 0.1) is 13.0 Å². The first kappa shape index (κ1) is 15.3. The summed E-state index contributed by atoms with van der Waals surface area (Å²) in [5.41, 5.74) is 1.69. The Morgan fingerprint density at radius 3 is 2.61 bits per heavy atom. The molecule has 0 unspecified atom stereocenters. The second-order valence-electron chi connectivity index (χ2n) is 5.87. The van der Waals surface area contributed by atoms with Crippen LogP contribution in [0.5, 0.6) is 0 Å². The van der Waals surface area contributed by atoms with E-state index in [2.05, 4.69) is 15.6 Å². The number of imidazole rings is 1. The fourth-order valence-electron chi connectivity index (χ4n) is 2.29. The van der Waals surface area contributed by atoms with E-state index in [1.165, 1.54) is 0 Å². The van der Waals surface area contributed by atoms with Gasteiger partial charge >= 0.3 is 0 Å². The molecular weight excluding hydrogens is 292 g/mol. The summed E-state index contributed by atoms with van der Waals surface area (Å²) >= 11 is 0. The molecule has 6 nitrogen and oxygen atoms in total. The Hall–Kier alpha value is -2.63. The largest absolute Gasteiger partial charge is 0.349 e. The van der Waals surface area contributed by atoms with Gasteiger partial charge in [-0.3, -0.25) is 9.59 Å². The van der Waals surface area contributed by atoms with Crippen molar-refractivity contribution in [3.05, 3.63) is 48.0 Å². The standard InChI is InChI=1S/C17H20N4O2/c1-21-9-8-18-15(21)11-19-16(22)10-12-2-6-14(7-3-12)20-17(23)13-4-5-13/h2-3,6-9,13H,4-5,10-11H2,1H3,(H,19,22)(H,20,23). The summed E-state index contributed by atoms with van der Waals surface area (Å²) in [4.78, 5) is 27.8. The molecule has 0 atom stereocenters. The van der Waals surface area contributed by atoms with E-state index in [4.69, 9.17) is 0 Å². The van der Waals surface area contributed by atoms with Gasteiger partial charge in [-0.25, -0.2) is 4.98 Å². The van der Waals surface area contributed by atoms with Gasteiger partial charge in [0, 0.05) is 31.0 Å². The highest BCUT2D eigenvalue weighted by atomic mass is 16.2. The molecule has 23 heavy (non-hydrogen) atoms. The Labute approximate surface area is 134 Å². The van der Waals surface area contributed by atoms with Gasteiger partial charge in [-0.2, -0.15) is 0 Å². The number of amides is 2. The summed E-state index contributed by atoms with van der Waals surface area (Å²) in [7, 11) is 1.89. The first-order valence-corrected chi connectivity index (χ1v) is 7.74. The van der Waals surface area contributed by atoms with Crippen LogP contribution in [0, 0.1) is 5.92 Å². The number of nitrogens with zero attached hydrogens (tertiary/aromatic N) is 2. The molecule has 2 N–H and O–H groups in total. The molecule has 0 saturated heterocycles. The second-order valence-corrected chi connectivity index (χ2v) is 5.87. The fraction of sp³-hybridized carbons (Fsp3) is 0.353. The monoisotopic (exact) mass is 312 g/mol. The van der Waals surface area contributed by atoms with E-state index in [0.717, 1.165) is 29.9 Å². The van der Waals surface area contributed by atoms with Gasteiger partial charge in [-0.1, -0.05) is 12.1 Å². The zero-order valence-electron chi connectivity index (χ0n) is 13.1. The number of aryl methyl sites for hydroxylation is 1. The quantitative estimate of drug-likeness (QED) is 0.851. The molecule has 0 aliphatic heterocycles. The molecular formula is C17H20N4O2. The number of anilines is 1. The van der Waals surface area contributed by atoms with E-state index in [1.54, 1.807) is 6.20 Å². The lowest BCUT2D eigenvalue weighted by Gasteiger charge is -2.07. The fourth-order valence-corrected chi connectivity index (χ4v) is 2.29. The van der Waals surface area contributed by atoms with Crippen molar-refractivity contribution in [2.75, 3.05) is 5.32 Å². The number of hydrogen-bond donors (Lipinski definition) is 2. The minimum atomic E-state index is -0.0530. The lowest BCUT2D eigenvalue weighted by Crippen LogP contribution is -2.25. The van der Waals surface area contributed by atoms with Crippen molar-refractivity contribution in [2.45, 2.75) is 25.8 Å². The molecule has 0 spiro atoms. The third kappa shape index (κ3) is 4.18. The van der Waals surface area contributed by atoms with Crippen LogP contribution in [0.1, 0.15) is 24.2 Å². The molecule has 1 saturated carbocycles. The summed E-state index contributed by atoms with van der Waals surface area (Å²) in [6.07, 6.45) is 5.83. The first-order valence-electron chi connectivity index (χ1n) is 7.74. The third-order valence-corrected chi connectivity index (χ3v) is 3.90. The van der Waals surface area contributed by atoms with E-state index in [9.17, 15) is 9.59 Å². The molecule has 2 amide bonds. The number of hydrogen-bond acceptors (Lipinski definition) is 3. The summed E-state index contributed by atoms with van der Waals surface area (Å²) in [6.45, 7) is 0.415. The maximum Gasteiger partial charge on any atom is 0.227 e. The maximum atomic E-state index is 12.0. The van der Waals surface area contributed by atoms with Gasteiger partial charge in [-0.05, 0) is 30.5 Å². The van der Waals surface area contributed by atoms with Crippen LogP contribution in [-0.2, 0) is 29.6 Å². The summed E-state index contributed by atoms with van der Waals surface area (Å²) < 4.78 is 1.87. The zero-order chi connectivity index (χ0) is 16.2. The number of aromatic nitrogens is 2. The molecule has 1 aliphatic rings. The van der Waals surface area contributed by atoms with Gasteiger partial charge in [0.2, 0.25) is 11.8 Å². The molecule has 3 rings (SSSR count). The predicted octanol–water partition coefficient (Wildman–Crippen LogP) is 1.63. The maximum absolute atomic E-state index is 12.0. The van der Waals surface area contributed by atoms with E-state index in [1.807, 2.05) is 42.1 Å². The van der Waals surface area contributed by atoms with Gasteiger partial charge < -0.3 is 15.2 Å². The zero-order valence-corrected chi connectivity index (χ0v) is 13.1. The highest BCUT2D eigenvalue weighted by molar-refractivity contribution is 5.94. The summed E-state index contributed by atoms with van der Waals surface area (Å²) in [5, 5.41) is 5.74. The lowest BCUT2D eigenvalue weighted by molar-refractivity contribution is -0.120. The minimum Gasteiger partial charge on any atom is -0.349 e. The van der Waals surface area contributed by atoms with Crippen LogP contribution in [0.25, 0.3) is 0 Å². The van der Waals surface area contributed by atoms with Crippen LogP contribution in [-0.4, -0.2) is 21.4 Å². The van der Waals surface area contributed by atoms with Crippen LogP contribution in [0.2, 0.25) is 0 Å². The Balaban J connectivity index is 1.48. The van der Waals surface area contributed by atoms with Crippen LogP contribution >= 0.6 is 0 Å². The van der Waals surface area contributed by atoms with Crippen molar-refractivity contribution in [1.29, 1.82) is 0 Å². The lowest BCUT2D eigenvalue weighted by atomic mass is 10.1. The highest BCUT2D eigenvalue weighted by Crippen LogP contribution is 2.30. The Kier molecular flexibility index (Phi) is 4.41. The Bertz CT molecular complexity index is 702. The molecule has 1 aromatic heterocycles. The number of nitrogens with one attached hydrogen (secondary N) is 2. The summed E-state index contributed by atoms with van der Waals surface area (Å²) in [6, 6.07) is 7.40. The summed E-state index contributed by atoms with van der Waals surface area (Å²) in [5.74, 6) is 1.04. The molecule has 6 heteroatoms.